The molecule has 0 saturated heterocycles. The second kappa shape index (κ2) is 6.26. The number of hydrogen-bond donors (Lipinski definition) is 3. The third kappa shape index (κ3) is 3.22. The molecular formula is C16H18N4O2. The first kappa shape index (κ1) is 15.5. The average molecular weight is 298 g/mol. The molecule has 0 saturated carbocycles. The predicted octanol–water partition coefficient (Wildman–Crippen LogP) is 2.18. The Kier molecular flexibility index (Phi) is 4.41. The molecule has 1 aromatic heterocycles. The first-order chi connectivity index (χ1) is 10.4. The Balaban J connectivity index is 2.52. The van der Waals surface area contributed by atoms with Crippen LogP contribution in [0.3, 0.4) is 0 Å². The number of nitrogens with two attached hydrogens (primary N) is 2. The fraction of sp³-hybridized carbons (Fsp3) is 0.188. The summed E-state index contributed by atoms with van der Waals surface area (Å²) in [6.07, 6.45) is 1.37. The maximum atomic E-state index is 12.2. The fourth-order valence-corrected chi connectivity index (χ4v) is 2.01. The molecule has 0 aliphatic heterocycles. The molecule has 1 aromatic carbocycles. The predicted molar refractivity (Wildman–Crippen MR) is 85.7 cm³/mol. The number of hydrogen-bond acceptors (Lipinski definition) is 5. The number of pyridine rings is 1. The van der Waals surface area contributed by atoms with Gasteiger partial charge in [0.25, 0.3) is 0 Å². The highest BCUT2D eigenvalue weighted by Gasteiger charge is 2.17. The molecule has 0 atom stereocenters. The van der Waals surface area contributed by atoms with Crippen molar-refractivity contribution in [1.82, 2.24) is 4.98 Å². The van der Waals surface area contributed by atoms with E-state index in [2.05, 4.69) is 4.98 Å². The van der Waals surface area contributed by atoms with Gasteiger partial charge in [-0.15, -0.1) is 0 Å². The van der Waals surface area contributed by atoms with Gasteiger partial charge < -0.3 is 16.2 Å². The molecule has 0 spiro atoms. The van der Waals surface area contributed by atoms with E-state index in [4.69, 9.17) is 21.6 Å². The van der Waals surface area contributed by atoms with Crippen LogP contribution in [0.5, 0.6) is 0 Å². The molecule has 22 heavy (non-hydrogen) atoms. The smallest absolute Gasteiger partial charge is 0.340 e. The summed E-state index contributed by atoms with van der Waals surface area (Å²) in [7, 11) is 0. The summed E-state index contributed by atoms with van der Waals surface area (Å²) in [6.45, 7) is 3.57. The Hall–Kier alpha value is -2.89. The topological polar surface area (TPSA) is 115 Å². The van der Waals surface area contributed by atoms with Gasteiger partial charge in [0.15, 0.2) is 0 Å². The number of carbonyl (C=O) groups is 1. The second-order valence-electron chi connectivity index (χ2n) is 5.07. The van der Waals surface area contributed by atoms with Crippen LogP contribution in [0.25, 0.3) is 11.3 Å². The quantitative estimate of drug-likeness (QED) is 0.346. The van der Waals surface area contributed by atoms with Crippen LogP contribution in [0.15, 0.2) is 36.5 Å². The summed E-state index contributed by atoms with van der Waals surface area (Å²) in [5.41, 5.74) is 13.6. The summed E-state index contributed by atoms with van der Waals surface area (Å²) in [6, 6.07) is 8.33. The van der Waals surface area contributed by atoms with Crippen LogP contribution in [0.4, 0.5) is 5.69 Å². The number of carbonyl (C=O) groups excluding carboxylic acids is 1. The van der Waals surface area contributed by atoms with Gasteiger partial charge in [-0.2, -0.15) is 0 Å². The zero-order valence-electron chi connectivity index (χ0n) is 12.5. The molecule has 114 valence electrons. The monoisotopic (exact) mass is 298 g/mol. The lowest BCUT2D eigenvalue weighted by Crippen LogP contribution is -2.15. The number of ether oxygens (including phenoxy) is 1. The molecule has 0 aliphatic carbocycles. The summed E-state index contributed by atoms with van der Waals surface area (Å²) >= 11 is 0. The number of rotatable bonds is 4. The summed E-state index contributed by atoms with van der Waals surface area (Å²) < 4.78 is 5.23. The molecule has 6 nitrogen and oxygen atoms in total. The highest BCUT2D eigenvalue weighted by Crippen LogP contribution is 2.25. The van der Waals surface area contributed by atoms with Crippen LogP contribution in [0.2, 0.25) is 0 Å². The molecule has 0 fully saturated rings. The van der Waals surface area contributed by atoms with Crippen molar-refractivity contribution in [3.63, 3.8) is 0 Å². The van der Waals surface area contributed by atoms with Crippen molar-refractivity contribution >= 4 is 17.5 Å². The van der Waals surface area contributed by atoms with E-state index in [9.17, 15) is 4.79 Å². The molecular weight excluding hydrogens is 280 g/mol. The molecule has 0 unspecified atom stereocenters. The summed E-state index contributed by atoms with van der Waals surface area (Å²) in [5, 5.41) is 7.55. The number of nitrogens with one attached hydrogen (secondary N) is 1. The van der Waals surface area contributed by atoms with E-state index in [-0.39, 0.29) is 11.9 Å². The summed E-state index contributed by atoms with van der Waals surface area (Å²) in [4.78, 5) is 16.4. The van der Waals surface area contributed by atoms with Gasteiger partial charge in [0.05, 0.1) is 17.4 Å². The van der Waals surface area contributed by atoms with Crippen molar-refractivity contribution in [3.05, 3.63) is 47.7 Å². The number of esters is 1. The Bertz CT molecular complexity index is 726. The van der Waals surface area contributed by atoms with E-state index in [0.717, 1.165) is 0 Å². The van der Waals surface area contributed by atoms with Crippen molar-refractivity contribution in [2.75, 3.05) is 5.73 Å². The van der Waals surface area contributed by atoms with Gasteiger partial charge >= 0.3 is 5.97 Å². The molecule has 0 radical (unpaired) electrons. The number of nitrogen functional groups attached to an aromatic ring is 2. The van der Waals surface area contributed by atoms with Gasteiger partial charge in [0, 0.05) is 23.0 Å². The maximum Gasteiger partial charge on any atom is 0.340 e. The van der Waals surface area contributed by atoms with Crippen LogP contribution in [-0.2, 0) is 4.74 Å². The van der Waals surface area contributed by atoms with Crippen molar-refractivity contribution < 1.29 is 9.53 Å². The number of nitrogens with zero attached hydrogens (tertiary/aromatic N) is 1. The largest absolute Gasteiger partial charge is 0.459 e. The zero-order chi connectivity index (χ0) is 16.3. The summed E-state index contributed by atoms with van der Waals surface area (Å²) in [5.74, 6) is -0.583. The lowest BCUT2D eigenvalue weighted by atomic mass is 10.0. The highest BCUT2D eigenvalue weighted by molar-refractivity contribution is 6.02. The molecule has 5 N–H and O–H groups in total. The number of aromatic nitrogens is 1. The first-order valence-corrected chi connectivity index (χ1v) is 6.80. The van der Waals surface area contributed by atoms with Crippen LogP contribution in [-0.4, -0.2) is 22.9 Å². The lowest BCUT2D eigenvalue weighted by molar-refractivity contribution is 0.0378. The Morgan fingerprint density at radius 3 is 2.64 bits per heavy atom. The van der Waals surface area contributed by atoms with Crippen molar-refractivity contribution in [2.24, 2.45) is 5.73 Å². The Labute approximate surface area is 128 Å². The van der Waals surface area contributed by atoms with E-state index in [1.54, 1.807) is 50.4 Å². The lowest BCUT2D eigenvalue weighted by Gasteiger charge is -2.12. The van der Waals surface area contributed by atoms with Crippen molar-refractivity contribution in [1.29, 1.82) is 5.41 Å². The molecule has 0 bridgehead atoms. The molecule has 2 rings (SSSR count). The Morgan fingerprint density at radius 2 is 2.00 bits per heavy atom. The molecule has 2 aromatic rings. The van der Waals surface area contributed by atoms with Gasteiger partial charge in [-0.05, 0) is 38.1 Å². The van der Waals surface area contributed by atoms with Crippen LogP contribution in [0.1, 0.15) is 29.8 Å². The third-order valence-corrected chi connectivity index (χ3v) is 2.99. The van der Waals surface area contributed by atoms with Gasteiger partial charge in [0.1, 0.15) is 5.84 Å². The minimum atomic E-state index is -0.445. The first-order valence-electron chi connectivity index (χ1n) is 6.80. The number of benzene rings is 1. The second-order valence-corrected chi connectivity index (χ2v) is 5.07. The molecule has 0 amide bonds. The minimum Gasteiger partial charge on any atom is -0.459 e. The minimum absolute atomic E-state index is 0.137. The molecule has 6 heteroatoms. The normalized spacial score (nSPS) is 10.5. The van der Waals surface area contributed by atoms with Gasteiger partial charge in [-0.25, -0.2) is 4.79 Å². The number of anilines is 1. The van der Waals surface area contributed by atoms with Crippen molar-refractivity contribution in [3.8, 4) is 11.3 Å². The molecule has 0 aliphatic rings. The van der Waals surface area contributed by atoms with Gasteiger partial charge in [-0.1, -0.05) is 6.07 Å². The standard InChI is InChI=1S/C16H18N4O2/c1-9(2)22-16(21)11-4-3-7-20-14(11)10-5-6-13(17)12(8-10)15(18)19/h3-9H,17H2,1-2H3,(H3,18,19). The van der Waals surface area contributed by atoms with E-state index < -0.39 is 5.97 Å². The molecule has 1 heterocycles. The van der Waals surface area contributed by atoms with Gasteiger partial charge in [0.2, 0.25) is 0 Å². The highest BCUT2D eigenvalue weighted by atomic mass is 16.5. The van der Waals surface area contributed by atoms with E-state index in [1.165, 1.54) is 0 Å². The van der Waals surface area contributed by atoms with Crippen LogP contribution in [0, 0.1) is 5.41 Å². The zero-order valence-corrected chi connectivity index (χ0v) is 12.5. The van der Waals surface area contributed by atoms with Gasteiger partial charge in [-0.3, -0.25) is 10.4 Å². The van der Waals surface area contributed by atoms with E-state index in [0.29, 0.717) is 28.1 Å². The van der Waals surface area contributed by atoms with E-state index in [1.807, 2.05) is 0 Å². The third-order valence-electron chi connectivity index (χ3n) is 2.99. The van der Waals surface area contributed by atoms with Crippen LogP contribution >= 0.6 is 0 Å². The number of amidine groups is 1. The fourth-order valence-electron chi connectivity index (χ4n) is 2.01. The SMILES string of the molecule is CC(C)OC(=O)c1cccnc1-c1ccc(N)c(C(=N)N)c1. The maximum absolute atomic E-state index is 12.2. The van der Waals surface area contributed by atoms with E-state index >= 15 is 0 Å². The van der Waals surface area contributed by atoms with Crippen LogP contribution < -0.4 is 11.5 Å². The van der Waals surface area contributed by atoms with Crippen molar-refractivity contribution in [2.45, 2.75) is 20.0 Å². The Morgan fingerprint density at radius 1 is 1.27 bits per heavy atom. The average Bonchev–Trinajstić information content (AvgIpc) is 2.46.